The largest absolute Gasteiger partial charge is 0.340 e. The number of H-pyrrole nitrogens is 2. The van der Waals surface area contributed by atoms with Crippen LogP contribution in [-0.4, -0.2) is 19.4 Å². The quantitative estimate of drug-likeness (QED) is 0.453. The maximum absolute atomic E-state index is 12.3. The molecule has 0 amide bonds. The van der Waals surface area contributed by atoms with E-state index in [0.29, 0.717) is 16.4 Å². The Morgan fingerprint density at radius 1 is 1.10 bits per heavy atom. The minimum atomic E-state index is -0.140. The van der Waals surface area contributed by atoms with Crippen molar-refractivity contribution in [2.45, 2.75) is 0 Å². The van der Waals surface area contributed by atoms with Gasteiger partial charge in [-0.1, -0.05) is 24.8 Å². The Hall–Kier alpha value is -3.08. The van der Waals surface area contributed by atoms with Gasteiger partial charge >= 0.3 is 0 Å². The highest BCUT2D eigenvalue weighted by molar-refractivity contribution is 6.21. The van der Waals surface area contributed by atoms with Crippen LogP contribution in [0.25, 0.3) is 44.9 Å². The zero-order chi connectivity index (χ0) is 14.1. The summed E-state index contributed by atoms with van der Waals surface area (Å²) in [4.78, 5) is 22.8. The van der Waals surface area contributed by atoms with E-state index in [9.17, 15) is 4.79 Å². The summed E-state index contributed by atoms with van der Waals surface area (Å²) in [6.45, 7) is 3.99. The van der Waals surface area contributed by atoms with Crippen molar-refractivity contribution in [3.8, 4) is 0 Å². The van der Waals surface area contributed by atoms with Gasteiger partial charge in [0.25, 0.3) is 5.56 Å². The average molecular weight is 274 g/mol. The zero-order valence-corrected chi connectivity index (χ0v) is 11.0. The first-order valence-corrected chi connectivity index (χ1v) is 6.66. The summed E-state index contributed by atoms with van der Waals surface area (Å²) >= 11 is 0. The number of imidazole rings is 1. The molecule has 0 fully saturated rings. The molecule has 5 nitrogen and oxygen atoms in total. The van der Waals surface area contributed by atoms with Gasteiger partial charge in [-0.2, -0.15) is 0 Å². The normalized spacial score (nSPS) is 12.2. The van der Waals surface area contributed by atoms with Gasteiger partial charge in [-0.3, -0.25) is 9.20 Å². The molecule has 0 saturated heterocycles. The van der Waals surface area contributed by atoms with Crippen LogP contribution in [0.1, 0.15) is 0 Å². The van der Waals surface area contributed by atoms with E-state index in [2.05, 4.69) is 21.5 Å². The molecule has 0 aliphatic heterocycles. The van der Waals surface area contributed by atoms with Crippen LogP contribution in [0.15, 0.2) is 41.5 Å². The number of hydrogen-bond acceptors (Lipinski definition) is 2. The molecule has 0 atom stereocenters. The number of aromatic nitrogens is 4. The fourth-order valence-electron chi connectivity index (χ4n) is 3.25. The number of nitrogens with zero attached hydrogens (tertiary/aromatic N) is 2. The van der Waals surface area contributed by atoms with Gasteiger partial charge in [-0.15, -0.1) is 0 Å². The van der Waals surface area contributed by atoms with Crippen molar-refractivity contribution in [2.24, 2.45) is 0 Å². The van der Waals surface area contributed by atoms with E-state index in [1.54, 1.807) is 6.20 Å². The Labute approximate surface area is 117 Å². The zero-order valence-electron chi connectivity index (χ0n) is 11.0. The lowest BCUT2D eigenvalue weighted by Crippen LogP contribution is -2.05. The first-order chi connectivity index (χ1) is 10.3. The van der Waals surface area contributed by atoms with Crippen LogP contribution in [0.2, 0.25) is 0 Å². The number of rotatable bonds is 0. The van der Waals surface area contributed by atoms with Crippen molar-refractivity contribution < 1.29 is 0 Å². The first kappa shape index (κ1) is 10.7. The highest BCUT2D eigenvalue weighted by Crippen LogP contribution is 2.31. The van der Waals surface area contributed by atoms with Crippen molar-refractivity contribution in [3.63, 3.8) is 0 Å². The summed E-state index contributed by atoms with van der Waals surface area (Å²) < 4.78 is 1.92. The van der Waals surface area contributed by atoms with Crippen LogP contribution in [0, 0.1) is 0 Å². The molecule has 5 rings (SSSR count). The van der Waals surface area contributed by atoms with Crippen molar-refractivity contribution >= 4 is 44.9 Å². The number of nitrogens with one attached hydrogen (secondary N) is 2. The van der Waals surface area contributed by atoms with Gasteiger partial charge in [0.05, 0.1) is 5.39 Å². The van der Waals surface area contributed by atoms with E-state index in [1.807, 2.05) is 34.9 Å². The van der Waals surface area contributed by atoms with E-state index in [-0.39, 0.29) is 5.56 Å². The van der Waals surface area contributed by atoms with Gasteiger partial charge in [0, 0.05) is 39.4 Å². The van der Waals surface area contributed by atoms with Gasteiger partial charge in [0.2, 0.25) is 0 Å². The summed E-state index contributed by atoms with van der Waals surface area (Å²) in [5.41, 5.74) is 2.47. The van der Waals surface area contributed by atoms with Crippen LogP contribution in [0.4, 0.5) is 0 Å². The minimum absolute atomic E-state index is 0.140. The monoisotopic (exact) mass is 274 g/mol. The average Bonchev–Trinajstić information content (AvgIpc) is 3.14. The number of para-hydroxylation sites is 1. The fourth-order valence-corrected chi connectivity index (χ4v) is 3.25. The van der Waals surface area contributed by atoms with E-state index < -0.39 is 0 Å². The van der Waals surface area contributed by atoms with Crippen LogP contribution < -0.4 is 10.9 Å². The molecule has 4 heterocycles. The standard InChI is InChI=1S/C16H10N4O/c1-8-11-12-9-4-2-3-5-10(9)19-15(12)20-7-6-17-14(20)13(11)16(21)18-8/h2-7,19H,1H2,(H,18,21). The molecule has 5 heteroatoms. The van der Waals surface area contributed by atoms with Crippen LogP contribution >= 0.6 is 0 Å². The third-order valence-corrected chi connectivity index (χ3v) is 4.08. The molecule has 21 heavy (non-hydrogen) atoms. The topological polar surface area (TPSA) is 66.0 Å². The Balaban J connectivity index is 2.35. The molecule has 0 aliphatic carbocycles. The van der Waals surface area contributed by atoms with Gasteiger partial charge in [-0.05, 0) is 6.07 Å². The van der Waals surface area contributed by atoms with Crippen molar-refractivity contribution in [1.29, 1.82) is 0 Å². The third-order valence-electron chi connectivity index (χ3n) is 4.08. The van der Waals surface area contributed by atoms with Gasteiger partial charge in [0.15, 0.2) is 5.65 Å². The molecule has 0 unspecified atom stereocenters. The molecule has 0 bridgehead atoms. The molecule has 0 aliphatic rings. The van der Waals surface area contributed by atoms with Crippen LogP contribution in [0.5, 0.6) is 0 Å². The maximum atomic E-state index is 12.3. The fraction of sp³-hybridized carbons (Fsp3) is 0. The molecule has 0 radical (unpaired) electrons. The second-order valence-electron chi connectivity index (χ2n) is 5.20. The van der Waals surface area contributed by atoms with Crippen LogP contribution in [0.3, 0.4) is 0 Å². The lowest BCUT2D eigenvalue weighted by Gasteiger charge is -1.99. The Bertz CT molecular complexity index is 1270. The van der Waals surface area contributed by atoms with Crippen molar-refractivity contribution in [3.05, 3.63) is 52.4 Å². The molecule has 2 N–H and O–H groups in total. The highest BCUT2D eigenvalue weighted by atomic mass is 16.1. The number of pyridine rings is 1. The molecule has 0 spiro atoms. The molecule has 1 aromatic carbocycles. The van der Waals surface area contributed by atoms with Gasteiger partial charge in [0.1, 0.15) is 5.65 Å². The summed E-state index contributed by atoms with van der Waals surface area (Å²) in [6, 6.07) is 8.05. The Morgan fingerprint density at radius 2 is 1.95 bits per heavy atom. The lowest BCUT2D eigenvalue weighted by molar-refractivity contribution is 1.23. The van der Waals surface area contributed by atoms with Gasteiger partial charge in [-0.25, -0.2) is 4.98 Å². The predicted molar refractivity (Wildman–Crippen MR) is 83.4 cm³/mol. The molecule has 4 aromatic heterocycles. The Kier molecular flexibility index (Phi) is 1.69. The van der Waals surface area contributed by atoms with Crippen molar-refractivity contribution in [1.82, 2.24) is 19.4 Å². The van der Waals surface area contributed by atoms with E-state index in [1.165, 1.54) is 0 Å². The number of benzene rings is 1. The van der Waals surface area contributed by atoms with Gasteiger partial charge < -0.3 is 9.97 Å². The SMILES string of the molecule is C=c1[nH]c(=O)c2c1c1c3ccccc3[nH]c1n1ccnc21. The molecule has 0 saturated carbocycles. The summed E-state index contributed by atoms with van der Waals surface area (Å²) in [7, 11) is 0. The molecule has 5 aromatic rings. The summed E-state index contributed by atoms with van der Waals surface area (Å²) in [6.07, 6.45) is 3.57. The highest BCUT2D eigenvalue weighted by Gasteiger charge is 2.17. The third kappa shape index (κ3) is 1.12. The molecular weight excluding hydrogens is 264 g/mol. The summed E-state index contributed by atoms with van der Waals surface area (Å²) in [5.74, 6) is 0. The first-order valence-electron chi connectivity index (χ1n) is 6.66. The van der Waals surface area contributed by atoms with E-state index in [0.717, 1.165) is 27.3 Å². The number of fused-ring (bicyclic) bond motifs is 8. The number of hydrogen-bond donors (Lipinski definition) is 2. The van der Waals surface area contributed by atoms with Crippen LogP contribution in [-0.2, 0) is 0 Å². The summed E-state index contributed by atoms with van der Waals surface area (Å²) in [5, 5.41) is 4.18. The Morgan fingerprint density at radius 3 is 2.86 bits per heavy atom. The smallest absolute Gasteiger partial charge is 0.260 e. The number of aromatic amines is 2. The predicted octanol–water partition coefficient (Wildman–Crippen LogP) is 1.94. The lowest BCUT2D eigenvalue weighted by atomic mass is 10.1. The van der Waals surface area contributed by atoms with E-state index >= 15 is 0 Å². The minimum Gasteiger partial charge on any atom is -0.340 e. The maximum Gasteiger partial charge on any atom is 0.260 e. The second kappa shape index (κ2) is 3.32. The van der Waals surface area contributed by atoms with E-state index in [4.69, 9.17) is 0 Å². The molecular formula is C16H10N4O. The molecule has 100 valence electrons. The van der Waals surface area contributed by atoms with Crippen molar-refractivity contribution in [2.75, 3.05) is 0 Å². The second-order valence-corrected chi connectivity index (χ2v) is 5.20.